The van der Waals surface area contributed by atoms with Gasteiger partial charge >= 0.3 is 0 Å². The first-order valence-electron chi connectivity index (χ1n) is 7.04. The van der Waals surface area contributed by atoms with Gasteiger partial charge in [-0.2, -0.15) is 0 Å². The van der Waals surface area contributed by atoms with Gasteiger partial charge in [-0.05, 0) is 30.2 Å². The molecule has 0 spiro atoms. The van der Waals surface area contributed by atoms with Gasteiger partial charge in [-0.25, -0.2) is 0 Å². The Morgan fingerprint density at radius 1 is 1.50 bits per heavy atom. The van der Waals surface area contributed by atoms with Gasteiger partial charge in [0.2, 0.25) is 5.91 Å². The molecule has 4 nitrogen and oxygen atoms in total. The highest BCUT2D eigenvalue weighted by Crippen LogP contribution is 2.40. The summed E-state index contributed by atoms with van der Waals surface area (Å²) in [4.78, 5) is 13.9. The van der Waals surface area contributed by atoms with E-state index in [1.165, 1.54) is 11.1 Å². The highest BCUT2D eigenvalue weighted by atomic mass is 32.2. The van der Waals surface area contributed by atoms with Crippen LogP contribution in [0.2, 0.25) is 0 Å². The first-order chi connectivity index (χ1) is 9.79. The predicted octanol–water partition coefficient (Wildman–Crippen LogP) is 2.23. The fraction of sp³-hybridized carbons (Fsp3) is 0.533. The van der Waals surface area contributed by atoms with Gasteiger partial charge in [-0.1, -0.05) is 6.07 Å². The van der Waals surface area contributed by atoms with Crippen molar-refractivity contribution in [3.63, 3.8) is 0 Å². The lowest BCUT2D eigenvalue weighted by Crippen LogP contribution is -2.31. The molecule has 0 N–H and O–H groups in total. The normalized spacial score (nSPS) is 21.1. The fourth-order valence-electron chi connectivity index (χ4n) is 2.64. The van der Waals surface area contributed by atoms with Crippen molar-refractivity contribution in [3.05, 3.63) is 29.3 Å². The molecule has 0 aromatic heterocycles. The number of ether oxygens (including phenoxy) is 2. The van der Waals surface area contributed by atoms with Crippen LogP contribution < -0.4 is 4.74 Å². The average molecular weight is 293 g/mol. The number of thioether (sulfide) groups is 1. The lowest BCUT2D eigenvalue weighted by atomic mass is 10.1. The van der Waals surface area contributed by atoms with Gasteiger partial charge in [0.15, 0.2) is 0 Å². The van der Waals surface area contributed by atoms with Crippen LogP contribution in [0.1, 0.15) is 23.4 Å². The van der Waals surface area contributed by atoms with Gasteiger partial charge in [-0.3, -0.25) is 4.79 Å². The summed E-state index contributed by atoms with van der Waals surface area (Å²) in [6.07, 6.45) is 0.966. The molecule has 1 fully saturated rings. The zero-order valence-electron chi connectivity index (χ0n) is 11.6. The molecule has 5 heteroatoms. The van der Waals surface area contributed by atoms with E-state index in [2.05, 4.69) is 12.1 Å². The van der Waals surface area contributed by atoms with Crippen LogP contribution in [0.5, 0.6) is 5.75 Å². The molecule has 2 heterocycles. The molecule has 1 atom stereocenters. The fourth-order valence-corrected chi connectivity index (χ4v) is 3.85. The van der Waals surface area contributed by atoms with Crippen molar-refractivity contribution in [1.82, 2.24) is 4.90 Å². The third-order valence-electron chi connectivity index (χ3n) is 3.65. The van der Waals surface area contributed by atoms with Gasteiger partial charge in [-0.15, -0.1) is 11.8 Å². The summed E-state index contributed by atoms with van der Waals surface area (Å²) in [6.45, 7) is 4.70. The largest absolute Gasteiger partial charge is 0.493 e. The maximum absolute atomic E-state index is 12.0. The molecular weight excluding hydrogens is 274 g/mol. The van der Waals surface area contributed by atoms with E-state index in [0.29, 0.717) is 25.5 Å². The average Bonchev–Trinajstić information content (AvgIpc) is 3.05. The lowest BCUT2D eigenvalue weighted by Gasteiger charge is -2.24. The van der Waals surface area contributed by atoms with Crippen molar-refractivity contribution in [1.29, 1.82) is 0 Å². The summed E-state index contributed by atoms with van der Waals surface area (Å²) in [5.41, 5.74) is 2.45. The molecule has 1 unspecified atom stereocenters. The van der Waals surface area contributed by atoms with Gasteiger partial charge in [0.25, 0.3) is 0 Å². The van der Waals surface area contributed by atoms with Crippen LogP contribution in [0.15, 0.2) is 18.2 Å². The van der Waals surface area contributed by atoms with Gasteiger partial charge in [0.05, 0.1) is 19.0 Å². The number of hydrogen-bond donors (Lipinski definition) is 0. The van der Waals surface area contributed by atoms with Crippen molar-refractivity contribution >= 4 is 17.7 Å². The third kappa shape index (κ3) is 2.65. The Morgan fingerprint density at radius 3 is 3.25 bits per heavy atom. The number of amides is 1. The van der Waals surface area contributed by atoms with Crippen molar-refractivity contribution in [2.24, 2.45) is 0 Å². The van der Waals surface area contributed by atoms with Crippen LogP contribution in [0.4, 0.5) is 0 Å². The van der Waals surface area contributed by atoms with Crippen LogP contribution in [-0.4, -0.2) is 42.9 Å². The lowest BCUT2D eigenvalue weighted by molar-refractivity contribution is -0.128. The molecule has 0 radical (unpaired) electrons. The zero-order chi connectivity index (χ0) is 13.9. The van der Waals surface area contributed by atoms with Crippen LogP contribution >= 0.6 is 11.8 Å². The van der Waals surface area contributed by atoms with E-state index in [-0.39, 0.29) is 11.3 Å². The SMILES string of the molecule is CCOCCN1C(=O)CSC1c1ccc2c(c1)CCO2. The third-order valence-corrected chi connectivity index (χ3v) is 4.90. The topological polar surface area (TPSA) is 38.8 Å². The summed E-state index contributed by atoms with van der Waals surface area (Å²) < 4.78 is 10.9. The monoisotopic (exact) mass is 293 g/mol. The van der Waals surface area contributed by atoms with Gasteiger partial charge in [0.1, 0.15) is 11.1 Å². The Hall–Kier alpha value is -1.20. The molecule has 2 aliphatic heterocycles. The van der Waals surface area contributed by atoms with Crippen molar-refractivity contribution in [2.75, 3.05) is 32.1 Å². The highest BCUT2D eigenvalue weighted by molar-refractivity contribution is 8.00. The van der Waals surface area contributed by atoms with E-state index in [4.69, 9.17) is 9.47 Å². The minimum atomic E-state index is 0.119. The molecular formula is C15H19NO3S. The van der Waals surface area contributed by atoms with Crippen LogP contribution in [0.3, 0.4) is 0 Å². The Kier molecular flexibility index (Phi) is 4.17. The van der Waals surface area contributed by atoms with E-state index >= 15 is 0 Å². The minimum Gasteiger partial charge on any atom is -0.493 e. The van der Waals surface area contributed by atoms with Gasteiger partial charge in [0, 0.05) is 19.6 Å². The number of hydrogen-bond acceptors (Lipinski definition) is 4. The van der Waals surface area contributed by atoms with Crippen LogP contribution in [-0.2, 0) is 16.0 Å². The predicted molar refractivity (Wildman–Crippen MR) is 79.0 cm³/mol. The second-order valence-corrected chi connectivity index (χ2v) is 5.98. The Labute approximate surface area is 123 Å². The van der Waals surface area contributed by atoms with Crippen molar-refractivity contribution in [2.45, 2.75) is 18.7 Å². The van der Waals surface area contributed by atoms with Crippen LogP contribution in [0, 0.1) is 0 Å². The number of fused-ring (bicyclic) bond motifs is 1. The molecule has 1 saturated heterocycles. The van der Waals surface area contributed by atoms with E-state index in [0.717, 1.165) is 18.8 Å². The molecule has 20 heavy (non-hydrogen) atoms. The molecule has 0 aliphatic carbocycles. The number of rotatable bonds is 5. The van der Waals surface area contributed by atoms with E-state index < -0.39 is 0 Å². The standard InChI is InChI=1S/C15H19NO3S/c1-2-18-8-6-16-14(17)10-20-15(16)12-3-4-13-11(9-12)5-7-19-13/h3-4,9,15H,2,5-8,10H2,1H3. The maximum Gasteiger partial charge on any atom is 0.233 e. The number of benzene rings is 1. The highest BCUT2D eigenvalue weighted by Gasteiger charge is 2.33. The molecule has 2 aliphatic rings. The number of nitrogens with zero attached hydrogens (tertiary/aromatic N) is 1. The summed E-state index contributed by atoms with van der Waals surface area (Å²) in [5.74, 6) is 1.75. The molecule has 1 amide bonds. The Morgan fingerprint density at radius 2 is 2.40 bits per heavy atom. The van der Waals surface area contributed by atoms with E-state index in [1.807, 2.05) is 17.9 Å². The smallest absolute Gasteiger partial charge is 0.233 e. The minimum absolute atomic E-state index is 0.119. The summed E-state index contributed by atoms with van der Waals surface area (Å²) in [5, 5.41) is 0.119. The zero-order valence-corrected chi connectivity index (χ0v) is 12.4. The first kappa shape index (κ1) is 13.8. The van der Waals surface area contributed by atoms with Crippen LogP contribution in [0.25, 0.3) is 0 Å². The summed E-state index contributed by atoms with van der Waals surface area (Å²) in [6, 6.07) is 6.29. The summed E-state index contributed by atoms with van der Waals surface area (Å²) >= 11 is 1.70. The quantitative estimate of drug-likeness (QED) is 0.780. The molecule has 0 saturated carbocycles. The second-order valence-electron chi connectivity index (χ2n) is 4.91. The second kappa shape index (κ2) is 6.06. The van der Waals surface area contributed by atoms with E-state index in [1.54, 1.807) is 11.8 Å². The molecule has 1 aromatic rings. The maximum atomic E-state index is 12.0. The molecule has 0 bridgehead atoms. The molecule has 1 aromatic carbocycles. The molecule has 3 rings (SSSR count). The number of carbonyl (C=O) groups is 1. The van der Waals surface area contributed by atoms with Crippen molar-refractivity contribution < 1.29 is 14.3 Å². The summed E-state index contributed by atoms with van der Waals surface area (Å²) in [7, 11) is 0. The van der Waals surface area contributed by atoms with Gasteiger partial charge < -0.3 is 14.4 Å². The Bertz CT molecular complexity index is 506. The number of carbonyl (C=O) groups excluding carboxylic acids is 1. The molecule has 108 valence electrons. The first-order valence-corrected chi connectivity index (χ1v) is 8.09. The van der Waals surface area contributed by atoms with Crippen molar-refractivity contribution in [3.8, 4) is 5.75 Å². The van der Waals surface area contributed by atoms with E-state index in [9.17, 15) is 4.79 Å². The Balaban J connectivity index is 1.75.